The van der Waals surface area contributed by atoms with Crippen molar-refractivity contribution < 1.29 is 10.2 Å². The van der Waals surface area contributed by atoms with Crippen LogP contribution in [0.4, 0.5) is 0 Å². The Labute approximate surface area is 185 Å². The summed E-state index contributed by atoms with van der Waals surface area (Å²) in [4.78, 5) is 0. The normalized spacial score (nSPS) is 33.4. The summed E-state index contributed by atoms with van der Waals surface area (Å²) >= 11 is 0. The first-order valence-corrected chi connectivity index (χ1v) is 12.1. The van der Waals surface area contributed by atoms with Crippen LogP contribution in [0.15, 0.2) is 47.6 Å². The smallest absolute Gasteiger partial charge is 0.0784 e. The van der Waals surface area contributed by atoms with Crippen LogP contribution in [0.1, 0.15) is 92.9 Å². The van der Waals surface area contributed by atoms with E-state index >= 15 is 0 Å². The topological polar surface area (TPSA) is 40.5 Å². The lowest BCUT2D eigenvalue weighted by molar-refractivity contribution is 0.0627. The molecular weight excluding hydrogens is 368 g/mol. The number of aliphatic hydroxyl groups excluding tert-OH is 1. The number of allylic oxidation sites excluding steroid dienone is 4. The van der Waals surface area contributed by atoms with Gasteiger partial charge in [-0.25, -0.2) is 0 Å². The number of aliphatic hydroxyl groups is 2. The van der Waals surface area contributed by atoms with Crippen LogP contribution >= 0.6 is 0 Å². The first-order valence-electron chi connectivity index (χ1n) is 12.1. The Balaban J connectivity index is 2.16. The van der Waals surface area contributed by atoms with Gasteiger partial charge < -0.3 is 10.2 Å². The highest BCUT2D eigenvalue weighted by atomic mass is 16.3. The molecule has 2 nitrogen and oxygen atoms in total. The van der Waals surface area contributed by atoms with E-state index in [0.29, 0.717) is 24.2 Å². The Morgan fingerprint density at radius 2 is 1.90 bits per heavy atom. The predicted molar refractivity (Wildman–Crippen MR) is 129 cm³/mol. The number of rotatable bonds is 7. The van der Waals surface area contributed by atoms with E-state index in [1.807, 2.05) is 13.8 Å². The second-order valence-corrected chi connectivity index (χ2v) is 10.9. The third-order valence-corrected chi connectivity index (χ3v) is 7.95. The molecule has 0 aromatic heterocycles. The molecule has 2 saturated carbocycles. The second kappa shape index (κ2) is 10.5. The van der Waals surface area contributed by atoms with Gasteiger partial charge in [-0.15, -0.1) is 0 Å². The molecule has 2 fully saturated rings. The maximum absolute atomic E-state index is 10.1. The zero-order valence-corrected chi connectivity index (χ0v) is 20.4. The van der Waals surface area contributed by atoms with Crippen LogP contribution in [0.5, 0.6) is 0 Å². The van der Waals surface area contributed by atoms with Crippen LogP contribution in [-0.4, -0.2) is 21.9 Å². The van der Waals surface area contributed by atoms with Crippen LogP contribution in [0, 0.1) is 23.2 Å². The summed E-state index contributed by atoms with van der Waals surface area (Å²) in [6.07, 6.45) is 17.1. The van der Waals surface area contributed by atoms with E-state index in [4.69, 9.17) is 0 Å². The molecule has 0 bridgehead atoms. The van der Waals surface area contributed by atoms with Crippen molar-refractivity contribution in [2.24, 2.45) is 23.2 Å². The summed E-state index contributed by atoms with van der Waals surface area (Å²) in [5.74, 6) is 1.67. The van der Waals surface area contributed by atoms with Crippen molar-refractivity contribution in [1.82, 2.24) is 0 Å². The highest BCUT2D eigenvalue weighted by molar-refractivity contribution is 5.27. The van der Waals surface area contributed by atoms with Crippen LogP contribution in [0.25, 0.3) is 0 Å². The van der Waals surface area contributed by atoms with Crippen molar-refractivity contribution >= 4 is 0 Å². The third kappa shape index (κ3) is 6.44. The molecule has 2 rings (SSSR count). The Bertz CT molecular complexity index is 675. The van der Waals surface area contributed by atoms with Crippen LogP contribution in [0.2, 0.25) is 0 Å². The molecule has 0 saturated heterocycles. The van der Waals surface area contributed by atoms with Gasteiger partial charge in [0.1, 0.15) is 0 Å². The van der Waals surface area contributed by atoms with E-state index in [-0.39, 0.29) is 11.5 Å². The lowest BCUT2D eigenvalue weighted by atomic mass is 9.56. The third-order valence-electron chi connectivity index (χ3n) is 7.95. The standard InChI is InChI=1S/C28H46O2/c1-8-25-24(16-15-23-14-13-21(3)26(29)19-23)12-10-18-28(25,7)22(4)20(2)11-9-17-27(5,6)30/h9,11,15-16,20,22,25-26,29-30H,3,8,10,12-14,17-19H2,1-2,4-7H3/b11-9+,23-15-,24-16+/t20-,22?,25?,26+,28+/m0/s1. The van der Waals surface area contributed by atoms with Crippen molar-refractivity contribution in [1.29, 1.82) is 0 Å². The Morgan fingerprint density at radius 3 is 2.50 bits per heavy atom. The first kappa shape index (κ1) is 25.1. The molecule has 0 radical (unpaired) electrons. The lowest BCUT2D eigenvalue weighted by Crippen LogP contribution is -2.40. The van der Waals surface area contributed by atoms with Crippen LogP contribution in [0.3, 0.4) is 0 Å². The molecule has 2 unspecified atom stereocenters. The van der Waals surface area contributed by atoms with E-state index < -0.39 is 5.60 Å². The monoisotopic (exact) mass is 414 g/mol. The molecule has 170 valence electrons. The zero-order chi connectivity index (χ0) is 22.5. The zero-order valence-electron chi connectivity index (χ0n) is 20.4. The van der Waals surface area contributed by atoms with Crippen molar-refractivity contribution in [3.63, 3.8) is 0 Å². The lowest BCUT2D eigenvalue weighted by Gasteiger charge is -2.49. The van der Waals surface area contributed by atoms with E-state index in [1.165, 1.54) is 31.3 Å². The highest BCUT2D eigenvalue weighted by Crippen LogP contribution is 2.52. The summed E-state index contributed by atoms with van der Waals surface area (Å²) in [6, 6.07) is 0. The Kier molecular flexibility index (Phi) is 8.77. The maximum Gasteiger partial charge on any atom is 0.0784 e. The SMILES string of the molecule is C=C1CC/C(=C/C=C2\CCC[C@](C)(C(C)[C@@H](C)/C=C/CC(C)(C)O)C2CC)C[C@H]1O. The Morgan fingerprint density at radius 1 is 1.20 bits per heavy atom. The van der Waals surface area contributed by atoms with Gasteiger partial charge in [0.15, 0.2) is 0 Å². The van der Waals surface area contributed by atoms with Crippen molar-refractivity contribution in [2.45, 2.75) is 105 Å². The fraction of sp³-hybridized carbons (Fsp3) is 0.714. The van der Waals surface area contributed by atoms with Gasteiger partial charge in [-0.1, -0.05) is 69.7 Å². The predicted octanol–water partition coefficient (Wildman–Crippen LogP) is 7.15. The maximum atomic E-state index is 10.1. The van der Waals surface area contributed by atoms with E-state index in [2.05, 4.69) is 58.6 Å². The molecule has 0 aromatic rings. The molecule has 0 amide bonds. The summed E-state index contributed by atoms with van der Waals surface area (Å²) in [6.45, 7) is 17.3. The molecular formula is C28H46O2. The van der Waals surface area contributed by atoms with Gasteiger partial charge in [0.25, 0.3) is 0 Å². The van der Waals surface area contributed by atoms with Crippen molar-refractivity contribution in [3.8, 4) is 0 Å². The van der Waals surface area contributed by atoms with E-state index in [1.54, 1.807) is 5.57 Å². The van der Waals surface area contributed by atoms with Gasteiger partial charge in [-0.05, 0) is 94.0 Å². The number of hydrogen-bond acceptors (Lipinski definition) is 2. The van der Waals surface area contributed by atoms with Crippen molar-refractivity contribution in [2.75, 3.05) is 0 Å². The minimum absolute atomic E-state index is 0.288. The van der Waals surface area contributed by atoms with E-state index in [0.717, 1.165) is 24.8 Å². The molecule has 2 aliphatic rings. The van der Waals surface area contributed by atoms with Gasteiger partial charge >= 0.3 is 0 Å². The molecule has 0 heterocycles. The van der Waals surface area contributed by atoms with Gasteiger partial charge in [0.2, 0.25) is 0 Å². The molecule has 0 aliphatic heterocycles. The highest BCUT2D eigenvalue weighted by Gasteiger charge is 2.43. The number of hydrogen-bond donors (Lipinski definition) is 2. The second-order valence-electron chi connectivity index (χ2n) is 10.9. The van der Waals surface area contributed by atoms with E-state index in [9.17, 15) is 10.2 Å². The summed E-state index contributed by atoms with van der Waals surface area (Å²) in [5.41, 5.74) is 3.59. The molecule has 0 spiro atoms. The fourth-order valence-corrected chi connectivity index (χ4v) is 5.62. The molecule has 2 N–H and O–H groups in total. The quantitative estimate of drug-likeness (QED) is 0.434. The average molecular weight is 415 g/mol. The summed E-state index contributed by atoms with van der Waals surface area (Å²) < 4.78 is 0. The van der Waals surface area contributed by atoms with Crippen LogP contribution < -0.4 is 0 Å². The van der Waals surface area contributed by atoms with Crippen molar-refractivity contribution in [3.05, 3.63) is 47.6 Å². The molecule has 2 heteroatoms. The Hall–Kier alpha value is -1.12. The summed E-state index contributed by atoms with van der Waals surface area (Å²) in [7, 11) is 0. The minimum atomic E-state index is -0.636. The fourth-order valence-electron chi connectivity index (χ4n) is 5.62. The van der Waals surface area contributed by atoms with Gasteiger partial charge in [-0.3, -0.25) is 0 Å². The van der Waals surface area contributed by atoms with Gasteiger partial charge in [0, 0.05) is 0 Å². The molecule has 5 atom stereocenters. The minimum Gasteiger partial charge on any atom is -0.390 e. The first-order chi connectivity index (χ1) is 14.0. The van der Waals surface area contributed by atoms with Crippen LogP contribution in [-0.2, 0) is 0 Å². The molecule has 30 heavy (non-hydrogen) atoms. The van der Waals surface area contributed by atoms with Gasteiger partial charge in [-0.2, -0.15) is 0 Å². The van der Waals surface area contributed by atoms with Gasteiger partial charge in [0.05, 0.1) is 11.7 Å². The molecule has 0 aromatic carbocycles. The summed E-state index contributed by atoms with van der Waals surface area (Å²) in [5, 5.41) is 20.1. The molecule has 2 aliphatic carbocycles. The largest absolute Gasteiger partial charge is 0.390 e. The average Bonchev–Trinajstić information content (AvgIpc) is 2.67.